The third-order valence-electron chi connectivity index (χ3n) is 3.73. The lowest BCUT2D eigenvalue weighted by Crippen LogP contribution is -2.32. The van der Waals surface area contributed by atoms with Crippen molar-refractivity contribution in [1.29, 1.82) is 0 Å². The van der Waals surface area contributed by atoms with E-state index in [-0.39, 0.29) is 35.7 Å². The standard InChI is InChI=1S/C20H20N2O6/c1-27-19(25)14-8-15(20(26)28-2)10-16(9-14)22-18(24)12-21-11-17(23)13-6-4-3-5-7-13/h3-10,21H,11-12H2,1-2H3,(H,22,24). The van der Waals surface area contributed by atoms with Gasteiger partial charge >= 0.3 is 11.9 Å². The molecule has 0 fully saturated rings. The number of hydrogen-bond donors (Lipinski definition) is 2. The Morgan fingerprint density at radius 2 is 1.36 bits per heavy atom. The third-order valence-corrected chi connectivity index (χ3v) is 3.73. The van der Waals surface area contributed by atoms with Gasteiger partial charge in [0.1, 0.15) is 0 Å². The van der Waals surface area contributed by atoms with E-state index in [0.717, 1.165) is 0 Å². The van der Waals surface area contributed by atoms with E-state index in [9.17, 15) is 19.2 Å². The molecular weight excluding hydrogens is 364 g/mol. The maximum Gasteiger partial charge on any atom is 0.337 e. The predicted octanol–water partition coefficient (Wildman–Crippen LogP) is 1.67. The average Bonchev–Trinajstić information content (AvgIpc) is 2.72. The first-order chi connectivity index (χ1) is 13.4. The molecule has 2 aromatic rings. The zero-order valence-electron chi connectivity index (χ0n) is 15.5. The highest BCUT2D eigenvalue weighted by molar-refractivity contribution is 6.00. The molecule has 0 bridgehead atoms. The summed E-state index contributed by atoms with van der Waals surface area (Å²) in [5.41, 5.74) is 0.953. The number of nitrogens with one attached hydrogen (secondary N) is 2. The van der Waals surface area contributed by atoms with Crippen LogP contribution in [0.25, 0.3) is 0 Å². The molecule has 0 atom stereocenters. The second-order valence-electron chi connectivity index (χ2n) is 5.72. The van der Waals surface area contributed by atoms with E-state index in [1.807, 2.05) is 6.07 Å². The number of rotatable bonds is 8. The minimum absolute atomic E-state index is 0.00690. The van der Waals surface area contributed by atoms with Crippen LogP contribution in [0.4, 0.5) is 5.69 Å². The van der Waals surface area contributed by atoms with Crippen molar-refractivity contribution in [3.05, 3.63) is 65.2 Å². The first-order valence-corrected chi connectivity index (χ1v) is 8.35. The summed E-state index contributed by atoms with van der Waals surface area (Å²) >= 11 is 0. The molecule has 2 rings (SSSR count). The van der Waals surface area contributed by atoms with Gasteiger partial charge < -0.3 is 20.1 Å². The molecule has 0 radical (unpaired) electrons. The smallest absolute Gasteiger partial charge is 0.337 e. The van der Waals surface area contributed by atoms with E-state index in [2.05, 4.69) is 20.1 Å². The van der Waals surface area contributed by atoms with Gasteiger partial charge in [0.05, 0.1) is 38.4 Å². The molecule has 2 N–H and O–H groups in total. The second-order valence-corrected chi connectivity index (χ2v) is 5.72. The Hall–Kier alpha value is -3.52. The number of carbonyl (C=O) groups excluding carboxylic acids is 4. The van der Waals surface area contributed by atoms with Crippen LogP contribution in [-0.2, 0) is 14.3 Å². The number of esters is 2. The Kier molecular flexibility index (Phi) is 7.41. The summed E-state index contributed by atoms with van der Waals surface area (Å²) in [4.78, 5) is 47.6. The lowest BCUT2D eigenvalue weighted by Gasteiger charge is -2.10. The Bertz CT molecular complexity index is 845. The van der Waals surface area contributed by atoms with Crippen molar-refractivity contribution in [1.82, 2.24) is 5.32 Å². The Morgan fingerprint density at radius 1 is 0.786 bits per heavy atom. The van der Waals surface area contributed by atoms with E-state index < -0.39 is 17.8 Å². The van der Waals surface area contributed by atoms with Gasteiger partial charge in [-0.05, 0) is 18.2 Å². The van der Waals surface area contributed by atoms with E-state index in [1.165, 1.54) is 32.4 Å². The van der Waals surface area contributed by atoms with Crippen LogP contribution in [0.5, 0.6) is 0 Å². The van der Waals surface area contributed by atoms with Gasteiger partial charge in [-0.1, -0.05) is 30.3 Å². The number of Topliss-reactive ketones (excluding diaryl/α,β-unsaturated/α-hetero) is 1. The summed E-state index contributed by atoms with van der Waals surface area (Å²) in [7, 11) is 2.41. The van der Waals surface area contributed by atoms with Crippen LogP contribution in [-0.4, -0.2) is 50.9 Å². The first kappa shape index (κ1) is 20.8. The third kappa shape index (κ3) is 5.75. The fourth-order valence-electron chi connectivity index (χ4n) is 2.39. The number of benzene rings is 2. The molecule has 0 saturated carbocycles. The molecule has 28 heavy (non-hydrogen) atoms. The fraction of sp³-hybridized carbons (Fsp3) is 0.200. The summed E-state index contributed by atoms with van der Waals surface area (Å²) in [6.07, 6.45) is 0. The number of methoxy groups -OCH3 is 2. The Morgan fingerprint density at radius 3 is 1.89 bits per heavy atom. The van der Waals surface area contributed by atoms with Gasteiger partial charge in [-0.15, -0.1) is 0 Å². The SMILES string of the molecule is COC(=O)c1cc(NC(=O)CNCC(=O)c2ccccc2)cc(C(=O)OC)c1. The van der Waals surface area contributed by atoms with Crippen LogP contribution >= 0.6 is 0 Å². The summed E-state index contributed by atoms with van der Waals surface area (Å²) in [5, 5.41) is 5.32. The van der Waals surface area contributed by atoms with Crippen molar-refractivity contribution < 1.29 is 28.7 Å². The van der Waals surface area contributed by atoms with Crippen molar-refractivity contribution in [2.45, 2.75) is 0 Å². The van der Waals surface area contributed by atoms with Gasteiger partial charge in [0.15, 0.2) is 5.78 Å². The summed E-state index contributed by atoms with van der Waals surface area (Å²) in [6.45, 7) is -0.137. The number of hydrogen-bond acceptors (Lipinski definition) is 7. The van der Waals surface area contributed by atoms with E-state index >= 15 is 0 Å². The van der Waals surface area contributed by atoms with E-state index in [1.54, 1.807) is 24.3 Å². The molecule has 146 valence electrons. The molecule has 0 aliphatic rings. The minimum atomic E-state index is -0.659. The van der Waals surface area contributed by atoms with Crippen molar-refractivity contribution >= 4 is 29.3 Å². The highest BCUT2D eigenvalue weighted by Gasteiger charge is 2.15. The van der Waals surface area contributed by atoms with Crippen LogP contribution in [0.2, 0.25) is 0 Å². The van der Waals surface area contributed by atoms with Crippen LogP contribution < -0.4 is 10.6 Å². The molecular formula is C20H20N2O6. The molecule has 0 heterocycles. The molecule has 0 spiro atoms. The summed E-state index contributed by atoms with van der Waals surface area (Å²) < 4.78 is 9.29. The van der Waals surface area contributed by atoms with Crippen molar-refractivity contribution in [3.63, 3.8) is 0 Å². The molecule has 8 nitrogen and oxygen atoms in total. The topological polar surface area (TPSA) is 111 Å². The highest BCUT2D eigenvalue weighted by Crippen LogP contribution is 2.17. The summed E-state index contributed by atoms with van der Waals surface area (Å²) in [6, 6.07) is 12.8. The number of amides is 1. The normalized spacial score (nSPS) is 10.1. The fourth-order valence-corrected chi connectivity index (χ4v) is 2.39. The zero-order valence-corrected chi connectivity index (χ0v) is 15.5. The predicted molar refractivity (Wildman–Crippen MR) is 101 cm³/mol. The van der Waals surface area contributed by atoms with Gasteiger partial charge in [0.25, 0.3) is 0 Å². The number of carbonyl (C=O) groups is 4. The van der Waals surface area contributed by atoms with Gasteiger partial charge in [0, 0.05) is 11.3 Å². The molecule has 0 aliphatic carbocycles. The lowest BCUT2D eigenvalue weighted by atomic mass is 10.1. The second kappa shape index (κ2) is 9.98. The molecule has 0 aliphatic heterocycles. The van der Waals surface area contributed by atoms with E-state index in [0.29, 0.717) is 5.56 Å². The molecule has 8 heteroatoms. The van der Waals surface area contributed by atoms with Crippen molar-refractivity contribution in [3.8, 4) is 0 Å². The Labute approximate surface area is 161 Å². The van der Waals surface area contributed by atoms with Crippen LogP contribution in [0.1, 0.15) is 31.1 Å². The molecule has 0 unspecified atom stereocenters. The van der Waals surface area contributed by atoms with Crippen LogP contribution in [0, 0.1) is 0 Å². The quantitative estimate of drug-likeness (QED) is 0.526. The monoisotopic (exact) mass is 384 g/mol. The molecule has 0 saturated heterocycles. The minimum Gasteiger partial charge on any atom is -0.465 e. The maximum atomic E-state index is 12.1. The van der Waals surface area contributed by atoms with Gasteiger partial charge in [-0.3, -0.25) is 9.59 Å². The molecule has 0 aromatic heterocycles. The number of ether oxygens (including phenoxy) is 2. The van der Waals surface area contributed by atoms with Gasteiger partial charge in [-0.25, -0.2) is 9.59 Å². The molecule has 2 aromatic carbocycles. The van der Waals surface area contributed by atoms with Gasteiger partial charge in [0.2, 0.25) is 5.91 Å². The summed E-state index contributed by atoms with van der Waals surface area (Å²) in [5.74, 6) is -1.91. The van der Waals surface area contributed by atoms with Crippen molar-refractivity contribution in [2.75, 3.05) is 32.6 Å². The number of anilines is 1. The molecule has 1 amide bonds. The van der Waals surface area contributed by atoms with Crippen LogP contribution in [0.15, 0.2) is 48.5 Å². The van der Waals surface area contributed by atoms with Gasteiger partial charge in [-0.2, -0.15) is 0 Å². The van der Waals surface area contributed by atoms with Crippen molar-refractivity contribution in [2.24, 2.45) is 0 Å². The maximum absolute atomic E-state index is 12.1. The average molecular weight is 384 g/mol. The zero-order chi connectivity index (χ0) is 20.5. The lowest BCUT2D eigenvalue weighted by molar-refractivity contribution is -0.115. The van der Waals surface area contributed by atoms with E-state index in [4.69, 9.17) is 0 Å². The first-order valence-electron chi connectivity index (χ1n) is 8.35. The number of ketones is 1. The highest BCUT2D eigenvalue weighted by atomic mass is 16.5. The largest absolute Gasteiger partial charge is 0.465 e. The van der Waals surface area contributed by atoms with Crippen LogP contribution in [0.3, 0.4) is 0 Å². The Balaban J connectivity index is 1.99.